The summed E-state index contributed by atoms with van der Waals surface area (Å²) in [4.78, 5) is 0. The third-order valence-corrected chi connectivity index (χ3v) is 3.21. The lowest BCUT2D eigenvalue weighted by Gasteiger charge is -2.29. The highest BCUT2D eigenvalue weighted by molar-refractivity contribution is 5.62. The van der Waals surface area contributed by atoms with Crippen molar-refractivity contribution in [2.75, 3.05) is 0 Å². The zero-order valence-electron chi connectivity index (χ0n) is 9.17. The van der Waals surface area contributed by atoms with Gasteiger partial charge in [0.15, 0.2) is 0 Å². The van der Waals surface area contributed by atoms with Gasteiger partial charge in [-0.25, -0.2) is 0 Å². The van der Waals surface area contributed by atoms with Gasteiger partial charge < -0.3 is 15.3 Å². The van der Waals surface area contributed by atoms with Crippen LogP contribution in [0.1, 0.15) is 30.4 Å². The summed E-state index contributed by atoms with van der Waals surface area (Å²) < 4.78 is 0. The lowest BCUT2D eigenvalue weighted by molar-refractivity contribution is -0.344. The van der Waals surface area contributed by atoms with Gasteiger partial charge in [-0.15, -0.1) is 0 Å². The third kappa shape index (κ3) is 1.89. The standard InChI is InChI=1S/C13H16O3/c1-2-12(13(14,15)16)11-8-7-9-5-3-4-6-10(9)11/h3-8,11-12,14-16H,2H2,1H3. The van der Waals surface area contributed by atoms with Gasteiger partial charge in [0.05, 0.1) is 5.92 Å². The Morgan fingerprint density at radius 3 is 2.56 bits per heavy atom. The Bertz CT molecular complexity index is 404. The summed E-state index contributed by atoms with van der Waals surface area (Å²) in [5.74, 6) is -3.37. The van der Waals surface area contributed by atoms with E-state index in [1.807, 2.05) is 43.3 Å². The zero-order valence-corrected chi connectivity index (χ0v) is 9.17. The summed E-state index contributed by atoms with van der Waals surface area (Å²) in [7, 11) is 0. The van der Waals surface area contributed by atoms with Crippen molar-refractivity contribution in [1.82, 2.24) is 0 Å². The molecule has 2 unspecified atom stereocenters. The topological polar surface area (TPSA) is 60.7 Å². The Morgan fingerprint density at radius 1 is 1.25 bits per heavy atom. The minimum absolute atomic E-state index is 0.138. The van der Waals surface area contributed by atoms with Gasteiger partial charge in [0, 0.05) is 5.92 Å². The molecule has 3 nitrogen and oxygen atoms in total. The summed E-state index contributed by atoms with van der Waals surface area (Å²) >= 11 is 0. The molecule has 86 valence electrons. The van der Waals surface area contributed by atoms with Crippen molar-refractivity contribution >= 4 is 6.08 Å². The van der Waals surface area contributed by atoms with Crippen molar-refractivity contribution in [3.63, 3.8) is 0 Å². The molecule has 0 aliphatic heterocycles. The van der Waals surface area contributed by atoms with Crippen molar-refractivity contribution in [2.45, 2.75) is 25.2 Å². The molecule has 1 aliphatic rings. The van der Waals surface area contributed by atoms with E-state index in [2.05, 4.69) is 0 Å². The number of aliphatic hydroxyl groups is 3. The first-order valence-corrected chi connectivity index (χ1v) is 5.48. The van der Waals surface area contributed by atoms with Crippen molar-refractivity contribution in [2.24, 2.45) is 5.92 Å². The fourth-order valence-electron chi connectivity index (χ4n) is 2.40. The molecular weight excluding hydrogens is 204 g/mol. The van der Waals surface area contributed by atoms with Crippen LogP contribution in [0, 0.1) is 5.92 Å². The van der Waals surface area contributed by atoms with E-state index >= 15 is 0 Å². The largest absolute Gasteiger partial charge is 0.343 e. The fraction of sp³-hybridized carbons (Fsp3) is 0.385. The van der Waals surface area contributed by atoms with Gasteiger partial charge >= 0.3 is 0 Å². The molecule has 0 bridgehead atoms. The zero-order chi connectivity index (χ0) is 11.8. The van der Waals surface area contributed by atoms with Gasteiger partial charge in [0.25, 0.3) is 5.97 Å². The predicted octanol–water partition coefficient (Wildman–Crippen LogP) is 1.45. The molecule has 1 aromatic rings. The highest BCUT2D eigenvalue weighted by Gasteiger charge is 2.38. The van der Waals surface area contributed by atoms with E-state index in [9.17, 15) is 15.3 Å². The molecule has 3 heteroatoms. The Morgan fingerprint density at radius 2 is 1.94 bits per heavy atom. The maximum absolute atomic E-state index is 9.34. The van der Waals surface area contributed by atoms with Gasteiger partial charge in [0.1, 0.15) is 0 Å². The summed E-state index contributed by atoms with van der Waals surface area (Å²) in [6.45, 7) is 1.83. The lowest BCUT2D eigenvalue weighted by Crippen LogP contribution is -2.39. The summed E-state index contributed by atoms with van der Waals surface area (Å²) in [6.07, 6.45) is 4.36. The Hall–Kier alpha value is -1.16. The van der Waals surface area contributed by atoms with Gasteiger partial charge in [-0.1, -0.05) is 43.3 Å². The van der Waals surface area contributed by atoms with Crippen LogP contribution >= 0.6 is 0 Å². The van der Waals surface area contributed by atoms with Gasteiger partial charge in [-0.3, -0.25) is 0 Å². The first kappa shape index (κ1) is 11.3. The maximum Gasteiger partial charge on any atom is 0.279 e. The van der Waals surface area contributed by atoms with Crippen LogP contribution in [-0.4, -0.2) is 21.3 Å². The van der Waals surface area contributed by atoms with E-state index < -0.39 is 11.9 Å². The second-order valence-electron chi connectivity index (χ2n) is 4.22. The maximum atomic E-state index is 9.34. The number of allylic oxidation sites excluding steroid dienone is 1. The number of rotatable bonds is 3. The molecule has 2 atom stereocenters. The molecule has 1 aliphatic carbocycles. The Labute approximate surface area is 94.7 Å². The number of hydrogen-bond acceptors (Lipinski definition) is 3. The Balaban J connectivity index is 2.34. The van der Waals surface area contributed by atoms with E-state index in [4.69, 9.17) is 0 Å². The van der Waals surface area contributed by atoms with Crippen molar-refractivity contribution < 1.29 is 15.3 Å². The molecular formula is C13H16O3. The first-order valence-electron chi connectivity index (χ1n) is 5.48. The number of fused-ring (bicyclic) bond motifs is 1. The van der Waals surface area contributed by atoms with Crippen LogP contribution in [0.25, 0.3) is 6.08 Å². The minimum atomic E-state index is -2.62. The van der Waals surface area contributed by atoms with Gasteiger partial charge in [-0.2, -0.15) is 0 Å². The molecule has 3 N–H and O–H groups in total. The molecule has 16 heavy (non-hydrogen) atoms. The minimum Gasteiger partial charge on any atom is -0.343 e. The summed E-state index contributed by atoms with van der Waals surface area (Å²) in [5, 5.41) is 28.0. The summed E-state index contributed by atoms with van der Waals surface area (Å²) in [6, 6.07) is 7.79. The highest BCUT2D eigenvalue weighted by Crippen LogP contribution is 2.40. The molecule has 0 saturated carbocycles. The molecule has 0 radical (unpaired) electrons. The van der Waals surface area contributed by atoms with Gasteiger partial charge in [-0.05, 0) is 17.5 Å². The number of hydrogen-bond donors (Lipinski definition) is 3. The fourth-order valence-corrected chi connectivity index (χ4v) is 2.40. The molecule has 0 fully saturated rings. The second-order valence-corrected chi connectivity index (χ2v) is 4.22. The van der Waals surface area contributed by atoms with E-state index in [0.717, 1.165) is 11.1 Å². The van der Waals surface area contributed by atoms with E-state index in [1.165, 1.54) is 0 Å². The average molecular weight is 220 g/mol. The molecule has 0 spiro atoms. The normalized spacial score (nSPS) is 20.9. The molecule has 0 heterocycles. The Kier molecular flexibility index (Phi) is 2.84. The quantitative estimate of drug-likeness (QED) is 0.676. The number of benzene rings is 1. The smallest absolute Gasteiger partial charge is 0.279 e. The molecule has 0 saturated heterocycles. The average Bonchev–Trinajstić information content (AvgIpc) is 2.61. The highest BCUT2D eigenvalue weighted by atomic mass is 16.7. The van der Waals surface area contributed by atoms with Crippen LogP contribution in [0.2, 0.25) is 0 Å². The SMILES string of the molecule is CCC(C1C=Cc2ccccc21)C(O)(O)O. The van der Waals surface area contributed by atoms with Crippen molar-refractivity contribution in [3.05, 3.63) is 41.5 Å². The first-order chi connectivity index (χ1) is 7.54. The van der Waals surface area contributed by atoms with E-state index in [-0.39, 0.29) is 5.92 Å². The summed E-state index contributed by atoms with van der Waals surface area (Å²) in [5.41, 5.74) is 2.12. The molecule has 0 amide bonds. The molecule has 2 rings (SSSR count). The third-order valence-electron chi connectivity index (χ3n) is 3.21. The van der Waals surface area contributed by atoms with Crippen molar-refractivity contribution in [1.29, 1.82) is 0 Å². The predicted molar refractivity (Wildman–Crippen MR) is 61.4 cm³/mol. The van der Waals surface area contributed by atoms with E-state index in [0.29, 0.717) is 6.42 Å². The van der Waals surface area contributed by atoms with Crippen LogP contribution < -0.4 is 0 Å². The van der Waals surface area contributed by atoms with Crippen molar-refractivity contribution in [3.8, 4) is 0 Å². The van der Waals surface area contributed by atoms with E-state index in [1.54, 1.807) is 0 Å². The van der Waals surface area contributed by atoms with Crippen LogP contribution in [0.3, 0.4) is 0 Å². The van der Waals surface area contributed by atoms with Crippen LogP contribution in [0.5, 0.6) is 0 Å². The molecule has 1 aromatic carbocycles. The van der Waals surface area contributed by atoms with Gasteiger partial charge in [0.2, 0.25) is 0 Å². The van der Waals surface area contributed by atoms with Crippen LogP contribution in [0.15, 0.2) is 30.3 Å². The second kappa shape index (κ2) is 4.01. The lowest BCUT2D eigenvalue weighted by atomic mass is 9.84. The molecule has 0 aromatic heterocycles. The van der Waals surface area contributed by atoms with Crippen LogP contribution in [-0.2, 0) is 0 Å². The van der Waals surface area contributed by atoms with Crippen LogP contribution in [0.4, 0.5) is 0 Å². The monoisotopic (exact) mass is 220 g/mol.